The molecule has 1 aliphatic heterocycles. The summed E-state index contributed by atoms with van der Waals surface area (Å²) in [5, 5.41) is 17.5. The van der Waals surface area contributed by atoms with Gasteiger partial charge in [-0.2, -0.15) is 10.4 Å². The van der Waals surface area contributed by atoms with Crippen LogP contribution >= 0.6 is 0 Å². The molecular weight excluding hydrogens is 264 g/mol. The first kappa shape index (κ1) is 14.2. The van der Waals surface area contributed by atoms with Gasteiger partial charge in [-0.3, -0.25) is 0 Å². The van der Waals surface area contributed by atoms with Crippen molar-refractivity contribution in [2.24, 2.45) is 0 Å². The van der Waals surface area contributed by atoms with Crippen molar-refractivity contribution < 1.29 is 0 Å². The van der Waals surface area contributed by atoms with Crippen molar-refractivity contribution in [1.82, 2.24) is 15.1 Å². The van der Waals surface area contributed by atoms with Gasteiger partial charge in [0.2, 0.25) is 0 Å². The predicted molar refractivity (Wildman–Crippen MR) is 83.2 cm³/mol. The van der Waals surface area contributed by atoms with Crippen LogP contribution in [0.3, 0.4) is 0 Å². The average Bonchev–Trinajstić information content (AvgIpc) is 2.70. The zero-order valence-electron chi connectivity index (χ0n) is 12.5. The summed E-state index contributed by atoms with van der Waals surface area (Å²) in [6.45, 7) is 3.63. The van der Waals surface area contributed by atoms with Gasteiger partial charge in [-0.05, 0) is 12.8 Å². The van der Waals surface area contributed by atoms with E-state index in [1.165, 1.54) is 25.7 Å². The Balaban J connectivity index is 1.90. The summed E-state index contributed by atoms with van der Waals surface area (Å²) < 4.78 is 1.93. The Morgan fingerprint density at radius 2 is 1.81 bits per heavy atom. The van der Waals surface area contributed by atoms with Crippen molar-refractivity contribution >= 4 is 11.6 Å². The Morgan fingerprint density at radius 1 is 1.14 bits per heavy atom. The van der Waals surface area contributed by atoms with Gasteiger partial charge in [-0.25, -0.2) is 4.68 Å². The summed E-state index contributed by atoms with van der Waals surface area (Å²) in [5.74, 6) is 1.33. The van der Waals surface area contributed by atoms with Crippen LogP contribution in [0.5, 0.6) is 0 Å². The fraction of sp³-hybridized carbons (Fsp3) is 0.733. The second kappa shape index (κ2) is 6.35. The van der Waals surface area contributed by atoms with E-state index in [0.717, 1.165) is 44.8 Å². The van der Waals surface area contributed by atoms with Gasteiger partial charge in [0.25, 0.3) is 0 Å². The smallest absolute Gasteiger partial charge is 0.171 e. The van der Waals surface area contributed by atoms with Gasteiger partial charge >= 0.3 is 0 Å². The van der Waals surface area contributed by atoms with Gasteiger partial charge in [0.1, 0.15) is 17.5 Å². The van der Waals surface area contributed by atoms with E-state index in [0.29, 0.717) is 17.4 Å². The van der Waals surface area contributed by atoms with Gasteiger partial charge in [-0.15, -0.1) is 0 Å². The van der Waals surface area contributed by atoms with Crippen molar-refractivity contribution in [3.63, 3.8) is 0 Å². The van der Waals surface area contributed by atoms with Crippen molar-refractivity contribution in [2.45, 2.75) is 44.6 Å². The molecular formula is C15H24N6. The first-order valence-electron chi connectivity index (χ1n) is 8.05. The standard InChI is InChI=1S/C15H24N6/c16-11-13-14(17)21(12-5-3-1-2-4-6-12)19-15(13)20-9-7-18-8-10-20/h12,18H,1-10,17H2. The largest absolute Gasteiger partial charge is 0.383 e. The predicted octanol–water partition coefficient (Wildman–Crippen LogP) is 1.64. The normalized spacial score (nSPS) is 21.0. The molecule has 6 nitrogen and oxygen atoms in total. The van der Waals surface area contributed by atoms with Crippen LogP contribution in [0, 0.1) is 11.3 Å². The third kappa shape index (κ3) is 2.84. The Morgan fingerprint density at radius 3 is 2.43 bits per heavy atom. The minimum atomic E-state index is 0.358. The van der Waals surface area contributed by atoms with Crippen LogP contribution in [0.4, 0.5) is 11.6 Å². The monoisotopic (exact) mass is 288 g/mol. The molecule has 114 valence electrons. The number of anilines is 2. The molecule has 0 spiro atoms. The molecule has 1 aromatic rings. The molecule has 3 rings (SSSR count). The van der Waals surface area contributed by atoms with E-state index in [1.807, 2.05) is 4.68 Å². The second-order valence-electron chi connectivity index (χ2n) is 6.02. The van der Waals surface area contributed by atoms with Crippen LogP contribution in [0.2, 0.25) is 0 Å². The Hall–Kier alpha value is -1.74. The second-order valence-corrected chi connectivity index (χ2v) is 6.02. The maximum absolute atomic E-state index is 9.47. The summed E-state index contributed by atoms with van der Waals surface area (Å²) in [7, 11) is 0. The molecule has 2 heterocycles. The Kier molecular flexibility index (Phi) is 4.30. The number of hydrogen-bond acceptors (Lipinski definition) is 5. The highest BCUT2D eigenvalue weighted by atomic mass is 15.4. The molecule has 3 N–H and O–H groups in total. The summed E-state index contributed by atoms with van der Waals surface area (Å²) in [4.78, 5) is 2.18. The molecule has 2 fully saturated rings. The molecule has 1 saturated heterocycles. The van der Waals surface area contributed by atoms with Crippen molar-refractivity contribution in [3.05, 3.63) is 5.56 Å². The van der Waals surface area contributed by atoms with E-state index in [-0.39, 0.29) is 0 Å². The number of nitrogens with zero attached hydrogens (tertiary/aromatic N) is 4. The van der Waals surface area contributed by atoms with Gasteiger partial charge in [0, 0.05) is 26.2 Å². The molecule has 0 unspecified atom stereocenters. The highest BCUT2D eigenvalue weighted by Gasteiger charge is 2.25. The molecule has 0 atom stereocenters. The van der Waals surface area contributed by atoms with Crippen LogP contribution in [0.1, 0.15) is 50.1 Å². The van der Waals surface area contributed by atoms with Crippen LogP contribution in [0.15, 0.2) is 0 Å². The van der Waals surface area contributed by atoms with E-state index >= 15 is 0 Å². The number of nitrogens with two attached hydrogens (primary N) is 1. The van der Waals surface area contributed by atoms with Crippen molar-refractivity contribution in [2.75, 3.05) is 36.8 Å². The Labute approximate surface area is 125 Å². The lowest BCUT2D eigenvalue weighted by molar-refractivity contribution is 0.410. The average molecular weight is 288 g/mol. The Bertz CT molecular complexity index is 515. The van der Waals surface area contributed by atoms with Gasteiger partial charge < -0.3 is 16.0 Å². The van der Waals surface area contributed by atoms with E-state index in [9.17, 15) is 5.26 Å². The first-order chi connectivity index (χ1) is 10.3. The van der Waals surface area contributed by atoms with E-state index in [4.69, 9.17) is 10.8 Å². The lowest BCUT2D eigenvalue weighted by atomic mass is 10.1. The molecule has 1 saturated carbocycles. The third-order valence-corrected chi connectivity index (χ3v) is 4.63. The topological polar surface area (TPSA) is 82.9 Å². The molecule has 2 aliphatic rings. The molecule has 0 bridgehead atoms. The lowest BCUT2D eigenvalue weighted by Gasteiger charge is -2.27. The number of nitriles is 1. The van der Waals surface area contributed by atoms with Crippen LogP contribution in [-0.2, 0) is 0 Å². The summed E-state index contributed by atoms with van der Waals surface area (Å²) in [6.07, 6.45) is 7.31. The highest BCUT2D eigenvalue weighted by molar-refractivity contribution is 5.65. The van der Waals surface area contributed by atoms with Crippen LogP contribution in [-0.4, -0.2) is 36.0 Å². The third-order valence-electron chi connectivity index (χ3n) is 4.63. The minimum Gasteiger partial charge on any atom is -0.383 e. The van der Waals surface area contributed by atoms with Gasteiger partial charge in [0.05, 0.1) is 6.04 Å². The first-order valence-corrected chi connectivity index (χ1v) is 8.05. The fourth-order valence-electron chi connectivity index (χ4n) is 3.42. The van der Waals surface area contributed by atoms with Gasteiger partial charge in [-0.1, -0.05) is 25.7 Å². The molecule has 21 heavy (non-hydrogen) atoms. The van der Waals surface area contributed by atoms with E-state index in [1.54, 1.807) is 0 Å². The van der Waals surface area contributed by atoms with Crippen LogP contribution < -0.4 is 16.0 Å². The number of hydrogen-bond donors (Lipinski definition) is 2. The SMILES string of the molecule is N#Cc1c(N2CCNCC2)nn(C2CCCCCC2)c1N. The van der Waals surface area contributed by atoms with Gasteiger partial charge in [0.15, 0.2) is 5.82 Å². The maximum atomic E-state index is 9.47. The highest BCUT2D eigenvalue weighted by Crippen LogP contribution is 2.33. The number of rotatable bonds is 2. The van der Waals surface area contributed by atoms with E-state index in [2.05, 4.69) is 16.3 Å². The number of nitrogens with one attached hydrogen (secondary N) is 1. The van der Waals surface area contributed by atoms with Crippen LogP contribution in [0.25, 0.3) is 0 Å². The molecule has 0 radical (unpaired) electrons. The zero-order chi connectivity index (χ0) is 14.7. The molecule has 0 amide bonds. The van der Waals surface area contributed by atoms with Crippen molar-refractivity contribution in [1.29, 1.82) is 5.26 Å². The molecule has 0 aromatic carbocycles. The minimum absolute atomic E-state index is 0.358. The zero-order valence-corrected chi connectivity index (χ0v) is 12.5. The van der Waals surface area contributed by atoms with Crippen molar-refractivity contribution in [3.8, 4) is 6.07 Å². The summed E-state index contributed by atoms with van der Waals surface area (Å²) >= 11 is 0. The summed E-state index contributed by atoms with van der Waals surface area (Å²) in [5.41, 5.74) is 6.80. The summed E-state index contributed by atoms with van der Waals surface area (Å²) in [6, 6.07) is 2.62. The number of aromatic nitrogens is 2. The fourth-order valence-corrected chi connectivity index (χ4v) is 3.42. The molecule has 6 heteroatoms. The molecule has 1 aliphatic carbocycles. The number of nitrogen functional groups attached to an aromatic ring is 1. The molecule has 1 aromatic heterocycles. The maximum Gasteiger partial charge on any atom is 0.171 e. The van der Waals surface area contributed by atoms with E-state index < -0.39 is 0 Å². The number of piperazine rings is 1. The lowest BCUT2D eigenvalue weighted by Crippen LogP contribution is -2.44. The quantitative estimate of drug-likeness (QED) is 0.808.